The fourth-order valence-corrected chi connectivity index (χ4v) is 2.19. The van der Waals surface area contributed by atoms with E-state index in [0.29, 0.717) is 38.6 Å². The summed E-state index contributed by atoms with van der Waals surface area (Å²) in [7, 11) is 1.58. The van der Waals surface area contributed by atoms with Gasteiger partial charge < -0.3 is 9.47 Å². The van der Waals surface area contributed by atoms with Crippen LogP contribution in [0, 0.1) is 0 Å². The topological polar surface area (TPSA) is 35.5 Å². The Labute approximate surface area is 124 Å². The van der Waals surface area contributed by atoms with Crippen molar-refractivity contribution in [2.24, 2.45) is 0 Å². The lowest BCUT2D eigenvalue weighted by molar-refractivity contribution is 0.112. The standard InChI is InChI=1S/C14H10BrClO3/c1-18-10-5-6-13(11(15)7-10)19-14-9(8-17)3-2-4-12(14)16/h2-8H,1H3. The molecule has 98 valence electrons. The van der Waals surface area contributed by atoms with E-state index in [1.807, 2.05) is 0 Å². The Bertz CT molecular complexity index is 614. The third-order valence-corrected chi connectivity index (χ3v) is 3.39. The normalized spacial score (nSPS) is 10.1. The van der Waals surface area contributed by atoms with Crippen LogP contribution in [0.1, 0.15) is 10.4 Å². The molecule has 0 aliphatic rings. The Hall–Kier alpha value is -1.52. The van der Waals surface area contributed by atoms with Gasteiger partial charge in [0.2, 0.25) is 0 Å². The maximum absolute atomic E-state index is 11.0. The molecule has 0 radical (unpaired) electrons. The van der Waals surface area contributed by atoms with E-state index in [4.69, 9.17) is 21.1 Å². The van der Waals surface area contributed by atoms with Gasteiger partial charge in [0.1, 0.15) is 11.5 Å². The molecule has 0 heterocycles. The number of carbonyl (C=O) groups excluding carboxylic acids is 1. The van der Waals surface area contributed by atoms with Crippen molar-refractivity contribution in [2.75, 3.05) is 7.11 Å². The number of aldehydes is 1. The molecule has 2 rings (SSSR count). The number of benzene rings is 2. The zero-order valence-corrected chi connectivity index (χ0v) is 12.4. The number of hydrogen-bond acceptors (Lipinski definition) is 3. The first-order chi connectivity index (χ1) is 9.15. The Morgan fingerprint density at radius 2 is 2.05 bits per heavy atom. The molecule has 19 heavy (non-hydrogen) atoms. The van der Waals surface area contributed by atoms with Crippen molar-refractivity contribution in [3.05, 3.63) is 51.5 Å². The minimum Gasteiger partial charge on any atom is -0.497 e. The van der Waals surface area contributed by atoms with Crippen LogP contribution in [0.3, 0.4) is 0 Å². The summed E-state index contributed by atoms with van der Waals surface area (Å²) in [6.07, 6.45) is 0.707. The third kappa shape index (κ3) is 3.08. The summed E-state index contributed by atoms with van der Waals surface area (Å²) < 4.78 is 11.5. The highest BCUT2D eigenvalue weighted by molar-refractivity contribution is 9.10. The quantitative estimate of drug-likeness (QED) is 0.755. The Morgan fingerprint density at radius 3 is 2.68 bits per heavy atom. The molecule has 0 fully saturated rings. The average Bonchev–Trinajstić information content (AvgIpc) is 2.42. The van der Waals surface area contributed by atoms with Crippen LogP contribution in [0.15, 0.2) is 40.9 Å². The SMILES string of the molecule is COc1ccc(Oc2c(Cl)cccc2C=O)c(Br)c1. The molecule has 0 aliphatic carbocycles. The monoisotopic (exact) mass is 340 g/mol. The molecule has 0 saturated carbocycles. The van der Waals surface area contributed by atoms with E-state index in [1.54, 1.807) is 43.5 Å². The molecule has 0 bridgehead atoms. The van der Waals surface area contributed by atoms with Crippen molar-refractivity contribution in [3.63, 3.8) is 0 Å². The molecule has 0 unspecified atom stereocenters. The summed E-state index contributed by atoms with van der Waals surface area (Å²) in [5, 5.41) is 0.382. The van der Waals surface area contributed by atoms with E-state index in [1.165, 1.54) is 0 Å². The first kappa shape index (κ1) is 13.9. The van der Waals surface area contributed by atoms with E-state index in [2.05, 4.69) is 15.9 Å². The number of ether oxygens (including phenoxy) is 2. The van der Waals surface area contributed by atoms with Gasteiger partial charge >= 0.3 is 0 Å². The zero-order chi connectivity index (χ0) is 13.8. The van der Waals surface area contributed by atoms with Crippen molar-refractivity contribution in [3.8, 4) is 17.2 Å². The van der Waals surface area contributed by atoms with Crippen LogP contribution in [-0.4, -0.2) is 13.4 Å². The van der Waals surface area contributed by atoms with Crippen molar-refractivity contribution in [1.29, 1.82) is 0 Å². The van der Waals surface area contributed by atoms with Crippen LogP contribution >= 0.6 is 27.5 Å². The fourth-order valence-electron chi connectivity index (χ4n) is 1.53. The molecule has 5 heteroatoms. The minimum atomic E-state index is 0.338. The first-order valence-electron chi connectivity index (χ1n) is 5.41. The Kier molecular flexibility index (Phi) is 4.45. The lowest BCUT2D eigenvalue weighted by atomic mass is 10.2. The summed E-state index contributed by atoms with van der Waals surface area (Å²) in [6, 6.07) is 10.3. The van der Waals surface area contributed by atoms with Gasteiger partial charge in [0.25, 0.3) is 0 Å². The van der Waals surface area contributed by atoms with Gasteiger partial charge in [-0.25, -0.2) is 0 Å². The maximum atomic E-state index is 11.0. The zero-order valence-electron chi connectivity index (χ0n) is 10.0. The van der Waals surface area contributed by atoms with Gasteiger partial charge in [-0.3, -0.25) is 4.79 Å². The van der Waals surface area contributed by atoms with Gasteiger partial charge in [-0.15, -0.1) is 0 Å². The summed E-state index contributed by atoms with van der Waals surface area (Å²) in [4.78, 5) is 11.0. The number of methoxy groups -OCH3 is 1. The molecule has 0 aromatic heterocycles. The van der Waals surface area contributed by atoms with Gasteiger partial charge in [-0.1, -0.05) is 17.7 Å². The molecule has 0 N–H and O–H groups in total. The molecule has 0 aliphatic heterocycles. The predicted molar refractivity (Wildman–Crippen MR) is 77.6 cm³/mol. The van der Waals surface area contributed by atoms with Gasteiger partial charge in [0.05, 0.1) is 22.2 Å². The molecule has 2 aromatic rings. The number of rotatable bonds is 4. The highest BCUT2D eigenvalue weighted by Gasteiger charge is 2.11. The predicted octanol–water partition coefficient (Wildman–Crippen LogP) is 4.72. The van der Waals surface area contributed by atoms with Crippen LogP contribution in [-0.2, 0) is 0 Å². The van der Waals surface area contributed by atoms with E-state index in [9.17, 15) is 4.79 Å². The Morgan fingerprint density at radius 1 is 1.26 bits per heavy atom. The Balaban J connectivity index is 2.39. The number of hydrogen-bond donors (Lipinski definition) is 0. The fraction of sp³-hybridized carbons (Fsp3) is 0.0714. The number of para-hydroxylation sites is 1. The summed E-state index contributed by atoms with van der Waals surface area (Å²) in [5.74, 6) is 1.59. The minimum absolute atomic E-state index is 0.338. The van der Waals surface area contributed by atoms with Crippen LogP contribution in [0.2, 0.25) is 5.02 Å². The van der Waals surface area contributed by atoms with Crippen molar-refractivity contribution in [2.45, 2.75) is 0 Å². The maximum Gasteiger partial charge on any atom is 0.156 e. The van der Waals surface area contributed by atoms with E-state index in [0.717, 1.165) is 0 Å². The third-order valence-electron chi connectivity index (χ3n) is 2.48. The molecule has 0 atom stereocenters. The number of carbonyl (C=O) groups is 1. The van der Waals surface area contributed by atoms with E-state index in [-0.39, 0.29) is 0 Å². The van der Waals surface area contributed by atoms with Crippen molar-refractivity contribution < 1.29 is 14.3 Å². The van der Waals surface area contributed by atoms with Gasteiger partial charge in [-0.05, 0) is 46.3 Å². The lowest BCUT2D eigenvalue weighted by Crippen LogP contribution is -1.92. The summed E-state index contributed by atoms with van der Waals surface area (Å²) >= 11 is 9.43. The number of halogens is 2. The van der Waals surface area contributed by atoms with Crippen molar-refractivity contribution >= 4 is 33.8 Å². The van der Waals surface area contributed by atoms with Crippen LogP contribution in [0.5, 0.6) is 17.2 Å². The molecule has 2 aromatic carbocycles. The molecule has 0 saturated heterocycles. The van der Waals surface area contributed by atoms with Crippen LogP contribution in [0.4, 0.5) is 0 Å². The lowest BCUT2D eigenvalue weighted by Gasteiger charge is -2.12. The largest absolute Gasteiger partial charge is 0.497 e. The smallest absolute Gasteiger partial charge is 0.156 e. The molecular formula is C14H10BrClO3. The first-order valence-corrected chi connectivity index (χ1v) is 6.58. The molecular weight excluding hydrogens is 332 g/mol. The molecule has 0 amide bonds. The van der Waals surface area contributed by atoms with Crippen molar-refractivity contribution in [1.82, 2.24) is 0 Å². The van der Waals surface area contributed by atoms with Gasteiger partial charge in [-0.2, -0.15) is 0 Å². The second-order valence-electron chi connectivity index (χ2n) is 3.67. The van der Waals surface area contributed by atoms with Gasteiger partial charge in [0, 0.05) is 0 Å². The second-order valence-corrected chi connectivity index (χ2v) is 4.94. The summed E-state index contributed by atoms with van der Waals surface area (Å²) in [5.41, 5.74) is 0.398. The molecule has 3 nitrogen and oxygen atoms in total. The van der Waals surface area contributed by atoms with E-state index < -0.39 is 0 Å². The van der Waals surface area contributed by atoms with Crippen LogP contribution < -0.4 is 9.47 Å². The highest BCUT2D eigenvalue weighted by Crippen LogP contribution is 2.37. The van der Waals surface area contributed by atoms with Gasteiger partial charge in [0.15, 0.2) is 12.0 Å². The molecule has 0 spiro atoms. The average molecular weight is 342 g/mol. The van der Waals surface area contributed by atoms with Crippen LogP contribution in [0.25, 0.3) is 0 Å². The summed E-state index contributed by atoms with van der Waals surface area (Å²) in [6.45, 7) is 0. The van der Waals surface area contributed by atoms with E-state index >= 15 is 0 Å². The second kappa shape index (κ2) is 6.08. The highest BCUT2D eigenvalue weighted by atomic mass is 79.9.